The topological polar surface area (TPSA) is 77.1 Å². The van der Waals surface area contributed by atoms with Gasteiger partial charge in [0.2, 0.25) is 5.91 Å². The minimum Gasteiger partial charge on any atom is -0.408 e. The molecule has 4 aromatic rings. The molecule has 0 fully saturated rings. The van der Waals surface area contributed by atoms with Gasteiger partial charge in [-0.2, -0.15) is 0 Å². The molecule has 0 aliphatic carbocycles. The number of hydrogen-bond acceptors (Lipinski definition) is 5. The second-order valence-corrected chi connectivity index (χ2v) is 7.64. The number of hydrogen-bond donors (Lipinski definition) is 1. The summed E-state index contributed by atoms with van der Waals surface area (Å²) in [6.07, 6.45) is 0. The van der Waals surface area contributed by atoms with Gasteiger partial charge in [0.15, 0.2) is 10.7 Å². The van der Waals surface area contributed by atoms with Crippen LogP contribution in [0.4, 0.5) is 5.13 Å². The van der Waals surface area contributed by atoms with E-state index >= 15 is 0 Å². The maximum absolute atomic E-state index is 12.4. The highest BCUT2D eigenvalue weighted by atomic mass is 32.1. The van der Waals surface area contributed by atoms with Crippen molar-refractivity contribution in [2.24, 2.45) is 0 Å². The number of carbonyl (C=O) groups is 1. The van der Waals surface area contributed by atoms with Crippen LogP contribution in [-0.2, 0) is 11.3 Å². The van der Waals surface area contributed by atoms with Gasteiger partial charge >= 0.3 is 5.76 Å². The van der Waals surface area contributed by atoms with E-state index in [0.717, 1.165) is 11.3 Å². The first-order valence-corrected chi connectivity index (χ1v) is 9.83. The number of carbonyl (C=O) groups excluding carboxylic acids is 1. The molecule has 0 atom stereocenters. The summed E-state index contributed by atoms with van der Waals surface area (Å²) in [7, 11) is 0. The van der Waals surface area contributed by atoms with Gasteiger partial charge in [0.25, 0.3) is 0 Å². The average Bonchev–Trinajstić information content (AvgIpc) is 3.27. The van der Waals surface area contributed by atoms with Crippen molar-refractivity contribution in [1.29, 1.82) is 0 Å². The summed E-state index contributed by atoms with van der Waals surface area (Å²) in [5.74, 6) is -0.409. The molecule has 0 saturated carbocycles. The SMILES string of the molecule is CC(C)c1ccc(-c2csc(NC(=O)Cn3c(=O)oc4ccccc43)n2)cc1. The molecule has 2 aromatic carbocycles. The summed E-state index contributed by atoms with van der Waals surface area (Å²) in [5, 5.41) is 5.16. The van der Waals surface area contributed by atoms with Gasteiger partial charge < -0.3 is 9.73 Å². The predicted octanol–water partition coefficient (Wildman–Crippen LogP) is 4.48. The molecule has 0 aliphatic heterocycles. The molecule has 28 heavy (non-hydrogen) atoms. The van der Waals surface area contributed by atoms with Gasteiger partial charge in [-0.25, -0.2) is 9.78 Å². The molecular formula is C21H19N3O3S. The normalized spacial score (nSPS) is 11.2. The molecule has 0 aliphatic rings. The molecule has 0 spiro atoms. The van der Waals surface area contributed by atoms with Crippen LogP contribution in [0, 0.1) is 0 Å². The highest BCUT2D eigenvalue weighted by Gasteiger charge is 2.14. The lowest BCUT2D eigenvalue weighted by Crippen LogP contribution is -2.24. The van der Waals surface area contributed by atoms with Crippen LogP contribution in [-0.4, -0.2) is 15.5 Å². The van der Waals surface area contributed by atoms with E-state index in [2.05, 4.69) is 36.3 Å². The fraction of sp³-hybridized carbons (Fsp3) is 0.190. The summed E-state index contributed by atoms with van der Waals surface area (Å²) in [6, 6.07) is 15.3. The van der Waals surface area contributed by atoms with Gasteiger partial charge in [-0.05, 0) is 23.6 Å². The first-order valence-electron chi connectivity index (χ1n) is 8.95. The Morgan fingerprint density at radius 1 is 1.18 bits per heavy atom. The molecule has 6 nitrogen and oxygen atoms in total. The van der Waals surface area contributed by atoms with Crippen molar-refractivity contribution >= 4 is 33.5 Å². The molecule has 0 bridgehead atoms. The van der Waals surface area contributed by atoms with Crippen molar-refractivity contribution in [3.8, 4) is 11.3 Å². The molecule has 1 N–H and O–H groups in total. The number of para-hydroxylation sites is 2. The maximum atomic E-state index is 12.4. The summed E-state index contributed by atoms with van der Waals surface area (Å²) in [6.45, 7) is 4.17. The molecule has 2 aromatic heterocycles. The molecule has 0 saturated heterocycles. The van der Waals surface area contributed by atoms with E-state index in [4.69, 9.17) is 4.42 Å². The predicted molar refractivity (Wildman–Crippen MR) is 111 cm³/mol. The second-order valence-electron chi connectivity index (χ2n) is 6.78. The lowest BCUT2D eigenvalue weighted by Gasteiger charge is -2.05. The Kier molecular flexibility index (Phi) is 4.83. The van der Waals surface area contributed by atoms with Crippen molar-refractivity contribution in [3.05, 3.63) is 70.0 Å². The van der Waals surface area contributed by atoms with Crippen LogP contribution in [0.3, 0.4) is 0 Å². The van der Waals surface area contributed by atoms with Crippen LogP contribution in [0.15, 0.2) is 63.1 Å². The molecule has 2 heterocycles. The van der Waals surface area contributed by atoms with Crippen LogP contribution in [0.25, 0.3) is 22.4 Å². The molecular weight excluding hydrogens is 374 g/mol. The van der Waals surface area contributed by atoms with Crippen LogP contribution >= 0.6 is 11.3 Å². The Labute approximate surface area is 165 Å². The number of rotatable bonds is 5. The number of thiazole rings is 1. The van der Waals surface area contributed by atoms with E-state index < -0.39 is 5.76 Å². The average molecular weight is 393 g/mol. The van der Waals surface area contributed by atoms with E-state index in [1.54, 1.807) is 24.3 Å². The van der Waals surface area contributed by atoms with E-state index in [9.17, 15) is 9.59 Å². The Morgan fingerprint density at radius 3 is 2.68 bits per heavy atom. The largest absolute Gasteiger partial charge is 0.420 e. The van der Waals surface area contributed by atoms with E-state index in [-0.39, 0.29) is 12.5 Å². The Morgan fingerprint density at radius 2 is 1.93 bits per heavy atom. The van der Waals surface area contributed by atoms with Crippen molar-refractivity contribution in [2.45, 2.75) is 26.3 Å². The van der Waals surface area contributed by atoms with Crippen LogP contribution < -0.4 is 11.1 Å². The summed E-state index contributed by atoms with van der Waals surface area (Å²) in [5.41, 5.74) is 4.12. The van der Waals surface area contributed by atoms with Crippen LogP contribution in [0.5, 0.6) is 0 Å². The number of anilines is 1. The fourth-order valence-electron chi connectivity index (χ4n) is 2.97. The minimum absolute atomic E-state index is 0.131. The van der Waals surface area contributed by atoms with E-state index in [1.807, 2.05) is 17.5 Å². The van der Waals surface area contributed by atoms with Crippen molar-refractivity contribution in [3.63, 3.8) is 0 Å². The lowest BCUT2D eigenvalue weighted by atomic mass is 10.0. The molecule has 7 heteroatoms. The summed E-state index contributed by atoms with van der Waals surface area (Å²) >= 11 is 1.35. The van der Waals surface area contributed by atoms with Gasteiger partial charge in [-0.15, -0.1) is 11.3 Å². The number of amides is 1. The zero-order chi connectivity index (χ0) is 19.7. The fourth-order valence-corrected chi connectivity index (χ4v) is 3.70. The number of fused-ring (bicyclic) bond motifs is 1. The third-order valence-electron chi connectivity index (χ3n) is 4.50. The van der Waals surface area contributed by atoms with Crippen molar-refractivity contribution < 1.29 is 9.21 Å². The third-order valence-corrected chi connectivity index (χ3v) is 5.26. The number of nitrogens with zero attached hydrogens (tertiary/aromatic N) is 2. The maximum Gasteiger partial charge on any atom is 0.420 e. The first kappa shape index (κ1) is 18.2. The van der Waals surface area contributed by atoms with Crippen molar-refractivity contribution in [1.82, 2.24) is 9.55 Å². The van der Waals surface area contributed by atoms with Gasteiger partial charge in [0.05, 0.1) is 11.2 Å². The Bertz CT molecular complexity index is 1190. The Hall–Kier alpha value is -3.19. The smallest absolute Gasteiger partial charge is 0.408 e. The molecule has 0 unspecified atom stereocenters. The van der Waals surface area contributed by atoms with E-state index in [1.165, 1.54) is 21.5 Å². The van der Waals surface area contributed by atoms with Crippen LogP contribution in [0.1, 0.15) is 25.3 Å². The molecule has 4 rings (SSSR count). The van der Waals surface area contributed by atoms with Gasteiger partial charge in [-0.3, -0.25) is 9.36 Å². The van der Waals surface area contributed by atoms with Crippen LogP contribution in [0.2, 0.25) is 0 Å². The third kappa shape index (κ3) is 3.61. The van der Waals surface area contributed by atoms with Crippen molar-refractivity contribution in [2.75, 3.05) is 5.32 Å². The Balaban J connectivity index is 1.48. The number of nitrogens with one attached hydrogen (secondary N) is 1. The summed E-state index contributed by atoms with van der Waals surface area (Å²) < 4.78 is 6.46. The van der Waals surface area contributed by atoms with E-state index in [0.29, 0.717) is 22.1 Å². The highest BCUT2D eigenvalue weighted by Crippen LogP contribution is 2.26. The van der Waals surface area contributed by atoms with Gasteiger partial charge in [0, 0.05) is 10.9 Å². The lowest BCUT2D eigenvalue weighted by molar-refractivity contribution is -0.116. The monoisotopic (exact) mass is 393 g/mol. The highest BCUT2D eigenvalue weighted by molar-refractivity contribution is 7.14. The zero-order valence-corrected chi connectivity index (χ0v) is 16.3. The second kappa shape index (κ2) is 7.44. The standard InChI is InChI=1S/C21H19N3O3S/c1-13(2)14-7-9-15(10-8-14)16-12-28-20(22-16)23-19(25)11-24-17-5-3-4-6-18(17)27-21(24)26/h3-10,12-13H,11H2,1-2H3,(H,22,23,25). The van der Waals surface area contributed by atoms with Gasteiger partial charge in [0.1, 0.15) is 6.54 Å². The van der Waals surface area contributed by atoms with Gasteiger partial charge in [-0.1, -0.05) is 50.2 Å². The minimum atomic E-state index is -0.554. The molecule has 1 amide bonds. The number of aromatic nitrogens is 2. The quantitative estimate of drug-likeness (QED) is 0.542. The molecule has 142 valence electrons. The first-order chi connectivity index (χ1) is 13.5. The summed E-state index contributed by atoms with van der Waals surface area (Å²) in [4.78, 5) is 28.9. The number of benzene rings is 2. The zero-order valence-electron chi connectivity index (χ0n) is 15.5. The number of oxazole rings is 1. The molecule has 0 radical (unpaired) electrons.